The van der Waals surface area contributed by atoms with Crippen molar-refractivity contribution in [1.29, 1.82) is 0 Å². The van der Waals surface area contributed by atoms with Crippen LogP contribution in [0.5, 0.6) is 0 Å². The Hall–Kier alpha value is -1.42. The standard InChI is InChI=1S/C10H12FN3/c1-10(2,12)9-13-6-8-5-7(11)3-4-14(8)9/h3-6H,12H2,1-2H3. The number of imidazole rings is 1. The molecule has 0 aromatic carbocycles. The molecule has 3 nitrogen and oxygen atoms in total. The van der Waals surface area contributed by atoms with Crippen LogP contribution < -0.4 is 5.73 Å². The Bertz CT molecular complexity index is 468. The summed E-state index contributed by atoms with van der Waals surface area (Å²) in [5.74, 6) is 0.464. The van der Waals surface area contributed by atoms with Crippen molar-refractivity contribution in [1.82, 2.24) is 9.38 Å². The molecule has 0 aliphatic carbocycles. The van der Waals surface area contributed by atoms with Gasteiger partial charge in [0.15, 0.2) is 0 Å². The zero-order valence-corrected chi connectivity index (χ0v) is 8.16. The molecule has 0 atom stereocenters. The fourth-order valence-corrected chi connectivity index (χ4v) is 1.45. The molecular weight excluding hydrogens is 181 g/mol. The van der Waals surface area contributed by atoms with Crippen LogP contribution in [0.4, 0.5) is 4.39 Å². The Balaban J connectivity index is 2.70. The Morgan fingerprint density at radius 3 is 2.86 bits per heavy atom. The second-order valence-corrected chi connectivity index (χ2v) is 3.94. The Labute approximate surface area is 81.4 Å². The maximum Gasteiger partial charge on any atom is 0.132 e. The third kappa shape index (κ3) is 1.37. The van der Waals surface area contributed by atoms with E-state index in [9.17, 15) is 4.39 Å². The van der Waals surface area contributed by atoms with Gasteiger partial charge in [0.1, 0.15) is 11.6 Å². The third-order valence-electron chi connectivity index (χ3n) is 2.07. The predicted molar refractivity (Wildman–Crippen MR) is 52.4 cm³/mol. The number of rotatable bonds is 1. The van der Waals surface area contributed by atoms with Gasteiger partial charge in [-0.1, -0.05) is 0 Å². The van der Waals surface area contributed by atoms with Gasteiger partial charge >= 0.3 is 0 Å². The zero-order valence-electron chi connectivity index (χ0n) is 8.16. The van der Waals surface area contributed by atoms with Gasteiger partial charge in [0.05, 0.1) is 17.3 Å². The fraction of sp³-hybridized carbons (Fsp3) is 0.300. The second-order valence-electron chi connectivity index (χ2n) is 3.94. The first-order chi connectivity index (χ1) is 6.48. The van der Waals surface area contributed by atoms with E-state index in [1.165, 1.54) is 12.1 Å². The molecule has 2 aromatic heterocycles. The molecule has 0 spiro atoms. The maximum atomic E-state index is 12.9. The van der Waals surface area contributed by atoms with Gasteiger partial charge in [-0.25, -0.2) is 9.37 Å². The summed E-state index contributed by atoms with van der Waals surface area (Å²) in [5.41, 5.74) is 6.13. The van der Waals surface area contributed by atoms with Gasteiger partial charge in [-0.2, -0.15) is 0 Å². The van der Waals surface area contributed by atoms with Crippen molar-refractivity contribution >= 4 is 5.52 Å². The maximum absolute atomic E-state index is 12.9. The Morgan fingerprint density at radius 2 is 2.21 bits per heavy atom. The molecule has 4 heteroatoms. The van der Waals surface area contributed by atoms with Crippen LogP contribution in [0.1, 0.15) is 19.7 Å². The van der Waals surface area contributed by atoms with Gasteiger partial charge in [0.25, 0.3) is 0 Å². The Kier molecular flexibility index (Phi) is 1.82. The molecule has 0 aliphatic heterocycles. The minimum atomic E-state index is -0.524. The largest absolute Gasteiger partial charge is 0.319 e. The number of nitrogens with two attached hydrogens (primary N) is 1. The van der Waals surface area contributed by atoms with Gasteiger partial charge in [-0.05, 0) is 26.0 Å². The molecule has 2 heterocycles. The quantitative estimate of drug-likeness (QED) is 0.748. The number of fused-ring (bicyclic) bond motifs is 1. The average molecular weight is 193 g/mol. The minimum absolute atomic E-state index is 0.265. The smallest absolute Gasteiger partial charge is 0.132 e. The van der Waals surface area contributed by atoms with Crippen molar-refractivity contribution in [2.45, 2.75) is 19.4 Å². The van der Waals surface area contributed by atoms with E-state index in [4.69, 9.17) is 5.73 Å². The van der Waals surface area contributed by atoms with Gasteiger partial charge in [0.2, 0.25) is 0 Å². The highest BCUT2D eigenvalue weighted by molar-refractivity contribution is 5.46. The van der Waals surface area contributed by atoms with E-state index in [2.05, 4.69) is 4.98 Å². The number of hydrogen-bond acceptors (Lipinski definition) is 2. The van der Waals surface area contributed by atoms with Crippen molar-refractivity contribution in [2.24, 2.45) is 5.73 Å². The molecule has 2 rings (SSSR count). The van der Waals surface area contributed by atoms with E-state index >= 15 is 0 Å². The van der Waals surface area contributed by atoms with Gasteiger partial charge in [0, 0.05) is 6.20 Å². The van der Waals surface area contributed by atoms with Crippen LogP contribution in [0.2, 0.25) is 0 Å². The summed E-state index contributed by atoms with van der Waals surface area (Å²) in [6.07, 6.45) is 3.26. The molecule has 74 valence electrons. The van der Waals surface area contributed by atoms with Crippen molar-refractivity contribution in [2.75, 3.05) is 0 Å². The first kappa shape index (κ1) is 9.15. The van der Waals surface area contributed by atoms with E-state index in [1.54, 1.807) is 16.8 Å². The molecule has 2 aromatic rings. The lowest BCUT2D eigenvalue weighted by molar-refractivity contribution is 0.511. The number of nitrogens with zero attached hydrogens (tertiary/aromatic N) is 2. The van der Waals surface area contributed by atoms with E-state index in [0.29, 0.717) is 0 Å². The number of hydrogen-bond donors (Lipinski definition) is 1. The van der Waals surface area contributed by atoms with Crippen molar-refractivity contribution < 1.29 is 4.39 Å². The lowest BCUT2D eigenvalue weighted by atomic mass is 10.1. The van der Waals surface area contributed by atoms with E-state index < -0.39 is 5.54 Å². The molecule has 0 unspecified atom stereocenters. The molecule has 0 fully saturated rings. The number of halogens is 1. The summed E-state index contributed by atoms with van der Waals surface area (Å²) in [7, 11) is 0. The summed E-state index contributed by atoms with van der Waals surface area (Å²) in [6.45, 7) is 3.73. The summed E-state index contributed by atoms with van der Waals surface area (Å²) in [5, 5.41) is 0. The first-order valence-electron chi connectivity index (χ1n) is 4.40. The Morgan fingerprint density at radius 1 is 1.50 bits per heavy atom. The monoisotopic (exact) mass is 193 g/mol. The highest BCUT2D eigenvalue weighted by atomic mass is 19.1. The van der Waals surface area contributed by atoms with Crippen LogP contribution in [0.25, 0.3) is 5.52 Å². The lowest BCUT2D eigenvalue weighted by Gasteiger charge is -2.16. The molecule has 0 saturated heterocycles. The fourth-order valence-electron chi connectivity index (χ4n) is 1.45. The van der Waals surface area contributed by atoms with Gasteiger partial charge in [-0.15, -0.1) is 0 Å². The predicted octanol–water partition coefficient (Wildman–Crippen LogP) is 1.67. The van der Waals surface area contributed by atoms with Crippen molar-refractivity contribution in [3.05, 3.63) is 36.2 Å². The van der Waals surface area contributed by atoms with E-state index in [1.807, 2.05) is 13.8 Å². The lowest BCUT2D eigenvalue weighted by Crippen LogP contribution is -2.31. The van der Waals surface area contributed by atoms with Crippen molar-refractivity contribution in [3.63, 3.8) is 0 Å². The summed E-state index contributed by atoms with van der Waals surface area (Å²) < 4.78 is 14.7. The van der Waals surface area contributed by atoms with E-state index in [-0.39, 0.29) is 5.82 Å². The highest BCUT2D eigenvalue weighted by Crippen LogP contribution is 2.17. The number of pyridine rings is 1. The van der Waals surface area contributed by atoms with E-state index in [0.717, 1.165) is 11.3 Å². The summed E-state index contributed by atoms with van der Waals surface area (Å²) in [6, 6.07) is 2.83. The minimum Gasteiger partial charge on any atom is -0.319 e. The zero-order chi connectivity index (χ0) is 10.3. The van der Waals surface area contributed by atoms with Crippen LogP contribution in [0.15, 0.2) is 24.5 Å². The molecule has 0 aliphatic rings. The normalized spacial score (nSPS) is 12.3. The highest BCUT2D eigenvalue weighted by Gasteiger charge is 2.19. The van der Waals surface area contributed by atoms with Crippen LogP contribution in [0.3, 0.4) is 0 Å². The van der Waals surface area contributed by atoms with Crippen LogP contribution in [-0.2, 0) is 5.54 Å². The molecule has 0 saturated carbocycles. The second kappa shape index (κ2) is 2.78. The molecule has 0 amide bonds. The van der Waals surface area contributed by atoms with Crippen LogP contribution in [-0.4, -0.2) is 9.38 Å². The molecular formula is C10H12FN3. The van der Waals surface area contributed by atoms with Gasteiger partial charge in [-0.3, -0.25) is 0 Å². The first-order valence-corrected chi connectivity index (χ1v) is 4.40. The molecule has 0 bridgehead atoms. The summed E-state index contributed by atoms with van der Waals surface area (Å²) >= 11 is 0. The molecule has 0 radical (unpaired) electrons. The molecule has 14 heavy (non-hydrogen) atoms. The third-order valence-corrected chi connectivity index (χ3v) is 2.07. The number of aromatic nitrogens is 2. The van der Waals surface area contributed by atoms with Crippen LogP contribution >= 0.6 is 0 Å². The summed E-state index contributed by atoms with van der Waals surface area (Å²) in [4.78, 5) is 4.18. The average Bonchev–Trinajstić information content (AvgIpc) is 2.45. The van der Waals surface area contributed by atoms with Gasteiger partial charge < -0.3 is 10.1 Å². The SMILES string of the molecule is CC(C)(N)c1ncc2cc(F)ccn12. The molecule has 2 N–H and O–H groups in total. The van der Waals surface area contributed by atoms with Crippen LogP contribution in [0, 0.1) is 5.82 Å². The topological polar surface area (TPSA) is 43.3 Å². The van der Waals surface area contributed by atoms with Crippen molar-refractivity contribution in [3.8, 4) is 0 Å².